The molecule has 0 N–H and O–H groups in total. The summed E-state index contributed by atoms with van der Waals surface area (Å²) in [5.41, 5.74) is 9.12. The molecule has 3 nitrogen and oxygen atoms in total. The maximum absolute atomic E-state index is 10.8. The second kappa shape index (κ2) is 12.4. The van der Waals surface area contributed by atoms with Crippen molar-refractivity contribution in [3.8, 4) is 39.4 Å². The molecule has 0 saturated carbocycles. The molecule has 9 aromatic rings. The fraction of sp³-hybridized carbons (Fsp3) is 0.0566. The van der Waals surface area contributed by atoms with E-state index in [9.17, 15) is 5.26 Å². The first-order valence-electron chi connectivity index (χ1n) is 19.2. The smallest absolute Gasteiger partial charge is 0.137 e. The predicted molar refractivity (Wildman–Crippen MR) is 233 cm³/mol. The van der Waals surface area contributed by atoms with Gasteiger partial charge in [-0.15, -0.1) is 0 Å². The van der Waals surface area contributed by atoms with Gasteiger partial charge in [-0.1, -0.05) is 146 Å². The molecule has 1 aliphatic carbocycles. The molecule has 1 aliphatic heterocycles. The Morgan fingerprint density at radius 1 is 0.571 bits per heavy atom. The van der Waals surface area contributed by atoms with Crippen molar-refractivity contribution in [1.82, 2.24) is 4.98 Å². The molecule has 0 bridgehead atoms. The second-order valence-corrected chi connectivity index (χ2v) is 15.2. The molecule has 8 aromatic carbocycles. The lowest BCUT2D eigenvalue weighted by Crippen LogP contribution is -2.42. The van der Waals surface area contributed by atoms with Gasteiger partial charge in [-0.3, -0.25) is 0 Å². The van der Waals surface area contributed by atoms with E-state index >= 15 is 0 Å². The van der Waals surface area contributed by atoms with Crippen molar-refractivity contribution in [2.45, 2.75) is 18.4 Å². The molecule has 0 amide bonds. The number of nitriles is 1. The van der Waals surface area contributed by atoms with Crippen LogP contribution in [-0.4, -0.2) is 10.5 Å². The van der Waals surface area contributed by atoms with E-state index in [2.05, 4.69) is 188 Å². The maximum Gasteiger partial charge on any atom is 0.137 e. The predicted octanol–water partition coefficient (Wildman–Crippen LogP) is 13.7. The standard InChI is InChI=1S/C53H35N3/c1-53-27-9-8-18-49(53)47-17-10-28-55-52(47)56(53)42-24-26-43(41(31-42)33-54)38-23-25-46-48(32-38)51(40-22-20-35-12-3-5-14-37(35)30-40)45-16-7-6-15-44(45)50(46)39-21-19-34-11-2-4-13-36(34)29-39/h2-32,49H,1H3. The van der Waals surface area contributed by atoms with Crippen molar-refractivity contribution in [2.24, 2.45) is 0 Å². The average Bonchev–Trinajstić information content (AvgIpc) is 3.52. The summed E-state index contributed by atoms with van der Waals surface area (Å²) in [6.45, 7) is 2.26. The highest BCUT2D eigenvalue weighted by Crippen LogP contribution is 2.53. The zero-order chi connectivity index (χ0) is 37.4. The number of pyridine rings is 1. The number of hydrogen-bond donors (Lipinski definition) is 0. The Bertz CT molecular complexity index is 3200. The first-order valence-corrected chi connectivity index (χ1v) is 19.2. The quantitative estimate of drug-likeness (QED) is 0.171. The number of benzene rings is 8. The molecular formula is C53H35N3. The molecule has 2 atom stereocenters. The van der Waals surface area contributed by atoms with E-state index in [-0.39, 0.29) is 11.5 Å². The third kappa shape index (κ3) is 4.79. The van der Waals surface area contributed by atoms with Gasteiger partial charge in [-0.05, 0) is 120 Å². The van der Waals surface area contributed by atoms with Gasteiger partial charge < -0.3 is 4.90 Å². The number of anilines is 2. The summed E-state index contributed by atoms with van der Waals surface area (Å²) < 4.78 is 0. The first-order chi connectivity index (χ1) is 27.6. The molecule has 0 radical (unpaired) electrons. The van der Waals surface area contributed by atoms with Crippen molar-refractivity contribution < 1.29 is 0 Å². The minimum Gasteiger partial charge on any atom is -0.316 e. The summed E-state index contributed by atoms with van der Waals surface area (Å²) in [7, 11) is 0. The van der Waals surface area contributed by atoms with Gasteiger partial charge in [0.1, 0.15) is 5.82 Å². The Morgan fingerprint density at radius 3 is 1.89 bits per heavy atom. The van der Waals surface area contributed by atoms with Gasteiger partial charge in [-0.2, -0.15) is 5.26 Å². The third-order valence-corrected chi connectivity index (χ3v) is 12.1. The van der Waals surface area contributed by atoms with Crippen LogP contribution in [0.3, 0.4) is 0 Å². The highest BCUT2D eigenvalue weighted by atomic mass is 15.3. The number of allylic oxidation sites excluding steroid dienone is 2. The number of hydrogen-bond acceptors (Lipinski definition) is 3. The molecule has 56 heavy (non-hydrogen) atoms. The van der Waals surface area contributed by atoms with Crippen LogP contribution in [0.25, 0.3) is 76.5 Å². The van der Waals surface area contributed by atoms with Crippen LogP contribution >= 0.6 is 0 Å². The minimum atomic E-state index is -0.336. The minimum absolute atomic E-state index is 0.169. The molecule has 11 rings (SSSR count). The lowest BCUT2D eigenvalue weighted by atomic mass is 9.80. The van der Waals surface area contributed by atoms with Gasteiger partial charge in [0, 0.05) is 23.4 Å². The van der Waals surface area contributed by atoms with Crippen molar-refractivity contribution in [3.05, 3.63) is 199 Å². The van der Waals surface area contributed by atoms with Gasteiger partial charge in [0.15, 0.2) is 0 Å². The lowest BCUT2D eigenvalue weighted by molar-refractivity contribution is 0.541. The summed E-state index contributed by atoms with van der Waals surface area (Å²) in [6, 6.07) is 59.4. The van der Waals surface area contributed by atoms with Crippen LogP contribution in [0.1, 0.15) is 24.0 Å². The Kier molecular flexibility index (Phi) is 7.11. The zero-order valence-corrected chi connectivity index (χ0v) is 30.8. The highest BCUT2D eigenvalue weighted by Gasteiger charge is 2.47. The molecule has 0 fully saturated rings. The zero-order valence-electron chi connectivity index (χ0n) is 30.8. The van der Waals surface area contributed by atoms with Crippen molar-refractivity contribution in [1.29, 1.82) is 5.26 Å². The fourth-order valence-electron chi connectivity index (χ4n) is 9.50. The van der Waals surface area contributed by atoms with Gasteiger partial charge >= 0.3 is 0 Å². The Hall–Kier alpha value is -7.28. The molecule has 2 aliphatic rings. The molecule has 0 saturated heterocycles. The van der Waals surface area contributed by atoms with E-state index in [0.717, 1.165) is 28.0 Å². The van der Waals surface area contributed by atoms with Gasteiger partial charge in [0.2, 0.25) is 0 Å². The number of nitrogens with zero attached hydrogens (tertiary/aromatic N) is 3. The molecule has 3 heteroatoms. The van der Waals surface area contributed by atoms with Gasteiger partial charge in [0.25, 0.3) is 0 Å². The average molecular weight is 714 g/mol. The van der Waals surface area contributed by atoms with Crippen LogP contribution in [0.2, 0.25) is 0 Å². The van der Waals surface area contributed by atoms with E-state index in [0.29, 0.717) is 5.56 Å². The summed E-state index contributed by atoms with van der Waals surface area (Å²) in [5.74, 6) is 1.11. The number of rotatable bonds is 4. The van der Waals surface area contributed by atoms with Crippen LogP contribution in [0.4, 0.5) is 11.5 Å². The van der Waals surface area contributed by atoms with E-state index in [1.807, 2.05) is 18.3 Å². The fourth-order valence-corrected chi connectivity index (χ4v) is 9.50. The maximum atomic E-state index is 10.8. The van der Waals surface area contributed by atoms with Crippen LogP contribution in [-0.2, 0) is 0 Å². The normalized spacial score (nSPS) is 17.1. The summed E-state index contributed by atoms with van der Waals surface area (Å²) >= 11 is 0. The molecule has 0 spiro atoms. The monoisotopic (exact) mass is 713 g/mol. The van der Waals surface area contributed by atoms with Gasteiger partial charge in [0.05, 0.1) is 17.2 Å². The van der Waals surface area contributed by atoms with Crippen molar-refractivity contribution in [2.75, 3.05) is 4.90 Å². The van der Waals surface area contributed by atoms with Crippen molar-refractivity contribution in [3.63, 3.8) is 0 Å². The molecular weight excluding hydrogens is 679 g/mol. The van der Waals surface area contributed by atoms with Crippen molar-refractivity contribution >= 4 is 54.6 Å². The molecule has 2 heterocycles. The van der Waals surface area contributed by atoms with Crippen LogP contribution < -0.4 is 4.90 Å². The van der Waals surface area contributed by atoms with E-state index in [1.165, 1.54) is 65.5 Å². The van der Waals surface area contributed by atoms with Crippen LogP contribution in [0.5, 0.6) is 0 Å². The largest absolute Gasteiger partial charge is 0.316 e. The summed E-state index contributed by atoms with van der Waals surface area (Å²) in [6.07, 6.45) is 10.6. The van der Waals surface area contributed by atoms with Crippen LogP contribution in [0.15, 0.2) is 188 Å². The highest BCUT2D eigenvalue weighted by molar-refractivity contribution is 6.22. The van der Waals surface area contributed by atoms with E-state index in [4.69, 9.17) is 4.98 Å². The Labute approximate surface area is 325 Å². The SMILES string of the molecule is CC12C=CC=CC1c1cccnc1N2c1ccc(-c2ccc3c(-c4ccc5ccccc5c4)c4ccccc4c(-c4ccc5ccccc5c4)c3c2)c(C#N)c1. The molecule has 1 aromatic heterocycles. The van der Waals surface area contributed by atoms with Gasteiger partial charge in [-0.25, -0.2) is 4.98 Å². The van der Waals surface area contributed by atoms with Crippen LogP contribution in [0, 0.1) is 11.3 Å². The lowest BCUT2D eigenvalue weighted by Gasteiger charge is -2.38. The second-order valence-electron chi connectivity index (χ2n) is 15.2. The summed E-state index contributed by atoms with van der Waals surface area (Å²) in [4.78, 5) is 7.17. The Morgan fingerprint density at radius 2 is 1.20 bits per heavy atom. The third-order valence-electron chi connectivity index (χ3n) is 12.1. The number of fused-ring (bicyclic) bond motifs is 7. The van der Waals surface area contributed by atoms with E-state index < -0.39 is 0 Å². The summed E-state index contributed by atoms with van der Waals surface area (Å²) in [5, 5.41) is 20.4. The Balaban J connectivity index is 1.15. The first kappa shape index (κ1) is 32.2. The molecule has 2 unspecified atom stereocenters. The number of aromatic nitrogens is 1. The topological polar surface area (TPSA) is 39.9 Å². The molecule has 262 valence electrons. The van der Waals surface area contributed by atoms with E-state index in [1.54, 1.807) is 0 Å².